The Bertz CT molecular complexity index is 1090. The second kappa shape index (κ2) is 9.85. The molecule has 4 rings (SSSR count). The van der Waals surface area contributed by atoms with Gasteiger partial charge in [0.25, 0.3) is 0 Å². The Labute approximate surface area is 203 Å². The summed E-state index contributed by atoms with van der Waals surface area (Å²) in [7, 11) is 0. The van der Waals surface area contributed by atoms with E-state index in [2.05, 4.69) is 5.10 Å². The van der Waals surface area contributed by atoms with E-state index >= 15 is 0 Å². The second-order valence-electron chi connectivity index (χ2n) is 7.96. The fourth-order valence-electron chi connectivity index (χ4n) is 4.08. The van der Waals surface area contributed by atoms with Crippen LogP contribution in [0.3, 0.4) is 0 Å². The van der Waals surface area contributed by atoms with Crippen molar-refractivity contribution in [2.45, 2.75) is 23.0 Å². The van der Waals surface area contributed by atoms with Crippen LogP contribution in [0.1, 0.15) is 20.3 Å². The number of hydrogen-bond donors (Lipinski definition) is 1. The van der Waals surface area contributed by atoms with Crippen LogP contribution in [0.4, 0.5) is 5.82 Å². The molecule has 1 aliphatic heterocycles. The number of hydrogen-bond acceptors (Lipinski definition) is 4. The molecule has 1 fully saturated rings. The number of benzene rings is 2. The van der Waals surface area contributed by atoms with Crippen molar-refractivity contribution in [3.63, 3.8) is 0 Å². The van der Waals surface area contributed by atoms with Crippen LogP contribution in [0.15, 0.2) is 66.7 Å². The minimum atomic E-state index is -0.976. The molecule has 3 radical (unpaired) electrons. The number of anilines is 1. The summed E-state index contributed by atoms with van der Waals surface area (Å²) in [5.74, 6) is -0.185. The molecule has 1 aliphatic rings. The summed E-state index contributed by atoms with van der Waals surface area (Å²) in [6.07, 6.45) is 0. The van der Waals surface area contributed by atoms with Crippen LogP contribution in [0.2, 0.25) is 0 Å². The van der Waals surface area contributed by atoms with Gasteiger partial charge in [0.2, 0.25) is 0 Å². The van der Waals surface area contributed by atoms with Gasteiger partial charge in [-0.2, -0.15) is 0 Å². The van der Waals surface area contributed by atoms with Gasteiger partial charge in [-0.3, -0.25) is 0 Å². The van der Waals surface area contributed by atoms with Crippen LogP contribution in [-0.4, -0.2) is 83.1 Å². The number of carbonyl (C=O) groups excluding carboxylic acids is 1. The van der Waals surface area contributed by atoms with Gasteiger partial charge in [-0.1, -0.05) is 6.07 Å². The Morgan fingerprint density at radius 1 is 1.09 bits per heavy atom. The molecule has 2 atom stereocenters. The van der Waals surface area contributed by atoms with Gasteiger partial charge in [0.1, 0.15) is 0 Å². The second-order valence-corrected chi connectivity index (χ2v) is 10.2. The van der Waals surface area contributed by atoms with E-state index in [0.717, 1.165) is 22.6 Å². The number of carbonyl (C=O) groups is 2. The van der Waals surface area contributed by atoms with Crippen LogP contribution in [0.5, 0.6) is 0 Å². The zero-order chi connectivity index (χ0) is 22.7. The predicted molar refractivity (Wildman–Crippen MR) is 123 cm³/mol. The Balaban J connectivity index is 1.54. The molecular formula is C24H25N4O3Pb. The number of aromatic nitrogens is 2. The maximum absolute atomic E-state index is 13.2. The van der Waals surface area contributed by atoms with Crippen LogP contribution in [0, 0.1) is 6.92 Å². The first-order chi connectivity index (χ1) is 15.4. The van der Waals surface area contributed by atoms with E-state index in [1.54, 1.807) is 4.90 Å². The molecule has 1 aromatic heterocycles. The van der Waals surface area contributed by atoms with Crippen molar-refractivity contribution in [1.29, 1.82) is 0 Å². The molecule has 8 heteroatoms. The molecule has 1 N–H and O–H groups in total. The van der Waals surface area contributed by atoms with Crippen molar-refractivity contribution in [1.82, 2.24) is 14.7 Å². The molecule has 1 amide bonds. The Hall–Kier alpha value is -2.69. The summed E-state index contributed by atoms with van der Waals surface area (Å²) < 4.78 is 1.66. The topological polar surface area (TPSA) is 78.7 Å². The number of piperazine rings is 1. The molecule has 0 spiro atoms. The van der Waals surface area contributed by atoms with Crippen molar-refractivity contribution < 1.29 is 14.7 Å². The monoisotopic (exact) mass is 625 g/mol. The van der Waals surface area contributed by atoms with Crippen LogP contribution in [-0.2, 0) is 16.1 Å². The van der Waals surface area contributed by atoms with Gasteiger partial charge in [-0.15, -0.1) is 0 Å². The van der Waals surface area contributed by atoms with Gasteiger partial charge in [0.05, 0.1) is 0 Å². The van der Waals surface area contributed by atoms with Crippen LogP contribution < -0.4 is 4.90 Å². The molecule has 3 aromatic rings. The molecule has 0 saturated carbocycles. The molecule has 7 nitrogen and oxygen atoms in total. The average molecular weight is 625 g/mol. The van der Waals surface area contributed by atoms with Gasteiger partial charge in [-0.05, 0) is 0 Å². The van der Waals surface area contributed by atoms with Crippen molar-refractivity contribution >= 4 is 43.5 Å². The summed E-state index contributed by atoms with van der Waals surface area (Å²) >= 11 is 0.628. The molecule has 2 unspecified atom stereocenters. The number of nitrogens with zero attached hydrogens (tertiary/aromatic N) is 4. The van der Waals surface area contributed by atoms with Gasteiger partial charge >= 0.3 is 198 Å². The minimum absolute atomic E-state index is 0.0936. The maximum atomic E-state index is 13.2. The summed E-state index contributed by atoms with van der Waals surface area (Å²) in [6, 6.07) is 20.8. The first-order valence-electron chi connectivity index (χ1n) is 10.6. The van der Waals surface area contributed by atoms with E-state index in [0.29, 0.717) is 45.4 Å². The van der Waals surface area contributed by atoms with Gasteiger partial charge < -0.3 is 0 Å². The SMILES string of the molecule is Cc1cc(N2CCN(C(=O)[CH]([Pb])c3ccccc3)C(C(=O)O)C2)n(Cc2ccccc2)n1. The molecule has 1 saturated heterocycles. The van der Waals surface area contributed by atoms with Crippen molar-refractivity contribution in [3.05, 3.63) is 83.6 Å². The molecule has 0 aliphatic carbocycles. The third kappa shape index (κ3) is 4.87. The van der Waals surface area contributed by atoms with E-state index in [4.69, 9.17) is 0 Å². The molecular weight excluding hydrogens is 599 g/mol. The Morgan fingerprint density at radius 2 is 1.75 bits per heavy atom. The number of aryl methyl sites for hydroxylation is 1. The first kappa shape index (κ1) is 22.5. The molecule has 2 heterocycles. The van der Waals surface area contributed by atoms with E-state index in [-0.39, 0.29) is 15.9 Å². The summed E-state index contributed by atoms with van der Waals surface area (Å²) in [5, 5.41) is 14.6. The third-order valence-corrected chi connectivity index (χ3v) is 7.96. The third-order valence-electron chi connectivity index (χ3n) is 5.71. The number of rotatable bonds is 6. The normalized spacial score (nSPS) is 17.2. The first-order valence-corrected chi connectivity index (χ1v) is 12.8. The van der Waals surface area contributed by atoms with Crippen molar-refractivity contribution in [2.24, 2.45) is 0 Å². The quantitative estimate of drug-likeness (QED) is 0.426. The Morgan fingerprint density at radius 3 is 2.41 bits per heavy atom. The van der Waals surface area contributed by atoms with Gasteiger partial charge in [-0.25, -0.2) is 0 Å². The molecule has 163 valence electrons. The Kier molecular flexibility index (Phi) is 6.92. The van der Waals surface area contributed by atoms with E-state index in [1.807, 2.05) is 83.2 Å². The average Bonchev–Trinajstić information content (AvgIpc) is 3.18. The summed E-state index contributed by atoms with van der Waals surface area (Å²) in [6.45, 7) is 3.72. The number of amides is 1. The van der Waals surface area contributed by atoms with Crippen molar-refractivity contribution in [3.8, 4) is 0 Å². The van der Waals surface area contributed by atoms with Crippen molar-refractivity contribution in [2.75, 3.05) is 24.5 Å². The number of aliphatic carboxylic acids is 1. The van der Waals surface area contributed by atoms with E-state index in [1.165, 1.54) is 0 Å². The molecule has 2 aromatic carbocycles. The van der Waals surface area contributed by atoms with E-state index in [9.17, 15) is 14.7 Å². The van der Waals surface area contributed by atoms with Crippen LogP contribution >= 0.6 is 0 Å². The molecule has 32 heavy (non-hydrogen) atoms. The van der Waals surface area contributed by atoms with Crippen LogP contribution in [0.25, 0.3) is 0 Å². The summed E-state index contributed by atoms with van der Waals surface area (Å²) in [5.41, 5.74) is 2.96. The fraction of sp³-hybridized carbons (Fsp3) is 0.292. The standard InChI is InChI=1S/C24H25N4O3.Pb/c1-18-14-22(28(25-18)16-20-10-6-3-7-11-20)26-12-13-27(21(17-26)24(30)31)23(29)15-19-8-4-2-5-9-19;/h2-11,14-15,21H,12-13,16-17H2,1H3,(H,30,31);. The van der Waals surface area contributed by atoms with Gasteiger partial charge in [0.15, 0.2) is 0 Å². The van der Waals surface area contributed by atoms with Gasteiger partial charge in [0, 0.05) is 0 Å². The number of carboxylic acids is 1. The molecule has 0 bridgehead atoms. The number of carboxylic acid groups (broad SMARTS) is 1. The fourth-order valence-corrected chi connectivity index (χ4v) is 5.47. The van der Waals surface area contributed by atoms with E-state index < -0.39 is 12.0 Å². The summed E-state index contributed by atoms with van der Waals surface area (Å²) in [4.78, 5) is 29.0. The zero-order valence-corrected chi connectivity index (χ0v) is 21.8. The zero-order valence-electron chi connectivity index (χ0n) is 17.9. The predicted octanol–water partition coefficient (Wildman–Crippen LogP) is 2.25.